The second-order valence-corrected chi connectivity index (χ2v) is 10.7. The summed E-state index contributed by atoms with van der Waals surface area (Å²) in [7, 11) is 0. The minimum absolute atomic E-state index is 0. The maximum absolute atomic E-state index is 11.0. The van der Waals surface area contributed by atoms with Gasteiger partial charge < -0.3 is 83.4 Å². The molecule has 78 heavy (non-hydrogen) atoms. The molecule has 4 radical (unpaired) electrons. The summed E-state index contributed by atoms with van der Waals surface area (Å²) < 4.78 is 5.28. The maximum Gasteiger partial charge on any atom is 0.330 e. The third-order valence-electron chi connectivity index (χ3n) is 6.07. The zero-order valence-electron chi connectivity index (χ0n) is 48.0. The first-order chi connectivity index (χ1) is 35.1. The van der Waals surface area contributed by atoms with Crippen LogP contribution in [0, 0.1) is 33.9 Å². The summed E-state index contributed by atoms with van der Waals surface area (Å²) >= 11 is 1.93. The van der Waals surface area contributed by atoms with Crippen molar-refractivity contribution in [3.8, 4) is 23.0 Å². The van der Waals surface area contributed by atoms with Crippen molar-refractivity contribution < 1.29 is 166 Å². The topological polar surface area (TPSA) is 464 Å². The Bertz CT molecular complexity index is 2140. The van der Waals surface area contributed by atoms with Gasteiger partial charge in [-0.25, -0.2) is 24.7 Å². The SMILES string of the molecule is CC.CC.CC.CC.CC.CC.CC.CC.CCOC(=O)/C=C\c1c(O)ccnc1N.Nc1nccc(O)c1I.O=C1CCc2c(O)ccnc2N1.O=N[O-].O=N[O-].O=N[O-].O=c1ccc2c(O)ccnc2[nH]1.[NH2-].[Y].[Y].[Y].[Y]. The van der Waals surface area contributed by atoms with E-state index in [4.69, 9.17) is 46.9 Å². The summed E-state index contributed by atoms with van der Waals surface area (Å²) in [6, 6.07) is 8.77. The van der Waals surface area contributed by atoms with E-state index in [9.17, 15) is 29.7 Å². The van der Waals surface area contributed by atoms with Crippen LogP contribution < -0.4 is 22.3 Å². The van der Waals surface area contributed by atoms with Crippen LogP contribution in [0.15, 0.2) is 88.1 Å². The fraction of sp³-hybridized carbons (Fsp3) is 0.426. The minimum Gasteiger partial charge on any atom is -0.693 e. The van der Waals surface area contributed by atoms with Gasteiger partial charge in [-0.3, -0.25) is 9.59 Å². The average Bonchev–Trinajstić information content (AvgIpc) is 3.41. The standard InChI is InChI=1S/C10H12N2O3.C8H8N2O2.C8H6N2O2.C5H5IN2O.8C2H6.3HNO2.H2N.4Y/c1-2-15-9(14)4-3-7-8(13)5-6-12-10(7)11;2*11-6-3-4-9-8-5(6)1-2-7(12)10-8;6-4-3(9)1-2-8-5(4)7;8*1-2;3*2-1-3;;;;;/h3-6H,2H2,1H3,(H3,11,12,13);3-4H,1-2H2,(H2,9,10,11,12);1-4H,(H2,9,10,11,12);1-2H,(H3,7,8,9);8*1-2H3;3*(H,2,3);1H2;;;;/q;;;;;;;;;;;;;;;-1;;;;/p-3/b4-3-;;;;;;;;;;;;;;;;;;;. The maximum atomic E-state index is 11.0. The Morgan fingerprint density at radius 1 is 0.628 bits per heavy atom. The number of H-pyrrole nitrogens is 1. The first-order valence-electron chi connectivity index (χ1n) is 23.0. The van der Waals surface area contributed by atoms with Crippen molar-refractivity contribution in [2.45, 2.75) is 131 Å². The summed E-state index contributed by atoms with van der Waals surface area (Å²) in [5.74, 6) is 0.987. The molecule has 6 rings (SSSR count). The third kappa shape index (κ3) is 60.2. The Morgan fingerprint density at radius 3 is 1.42 bits per heavy atom. The molecule has 1 amide bonds. The third-order valence-corrected chi connectivity index (χ3v) is 7.17. The number of nitrogens with two attached hydrogens (primary N) is 3. The van der Waals surface area contributed by atoms with Crippen LogP contribution in [0.2, 0.25) is 0 Å². The van der Waals surface area contributed by atoms with Gasteiger partial charge in [0, 0.05) is 180 Å². The van der Waals surface area contributed by atoms with Crippen molar-refractivity contribution in [2.24, 2.45) is 16.0 Å². The number of hydrogen-bond donors (Lipinski definition) is 8. The van der Waals surface area contributed by atoms with Crippen LogP contribution in [0.25, 0.3) is 23.3 Å². The van der Waals surface area contributed by atoms with Crippen LogP contribution >= 0.6 is 22.6 Å². The van der Waals surface area contributed by atoms with E-state index < -0.39 is 5.97 Å². The van der Waals surface area contributed by atoms with Gasteiger partial charge in [-0.15, -0.1) is 16.0 Å². The zero-order valence-corrected chi connectivity index (χ0v) is 61.5. The van der Waals surface area contributed by atoms with E-state index in [0.717, 1.165) is 21.6 Å². The molecule has 0 aromatic carbocycles. The second-order valence-electron chi connectivity index (χ2n) is 9.59. The Hall–Kier alpha value is -3.40. The predicted octanol–water partition coefficient (Wildman–Crippen LogP) is 12.9. The molecule has 0 bridgehead atoms. The van der Waals surface area contributed by atoms with E-state index in [1.54, 1.807) is 6.92 Å². The van der Waals surface area contributed by atoms with Crippen molar-refractivity contribution in [3.63, 3.8) is 0 Å². The van der Waals surface area contributed by atoms with Crippen LogP contribution in [0.5, 0.6) is 23.0 Å². The largest absolute Gasteiger partial charge is 0.693 e. The van der Waals surface area contributed by atoms with Gasteiger partial charge in [0.15, 0.2) is 0 Å². The minimum atomic E-state index is -0.486. The molecule has 12 N–H and O–H groups in total. The number of ether oxygens (including phenoxy) is 1. The van der Waals surface area contributed by atoms with Gasteiger partial charge in [-0.05, 0) is 72.3 Å². The Kier molecular flexibility index (Phi) is 123. The number of nitrogens with zero attached hydrogens (tertiary/aromatic N) is 7. The Labute approximate surface area is 574 Å². The second kappa shape index (κ2) is 87.5. The van der Waals surface area contributed by atoms with Gasteiger partial charge in [0.25, 0.3) is 0 Å². The molecule has 0 atom stereocenters. The molecule has 31 heteroatoms. The summed E-state index contributed by atoms with van der Waals surface area (Å²) in [6.07, 6.45) is 9.31. The molecule has 5 aromatic rings. The van der Waals surface area contributed by atoms with Crippen LogP contribution in [-0.2, 0) is 152 Å². The molecular weight excluding hydrogens is 1440 g/mol. The van der Waals surface area contributed by atoms with Gasteiger partial charge in [-0.1, -0.05) is 111 Å². The number of nitrogen functional groups attached to an aromatic ring is 2. The normalized spacial score (nSPS) is 8.10. The molecule has 1 aliphatic heterocycles. The smallest absolute Gasteiger partial charge is 0.330 e. The van der Waals surface area contributed by atoms with Crippen LogP contribution in [-0.4, -0.2) is 63.8 Å². The number of hydrogen-bond acceptors (Lipinski definition) is 23. The molecule has 0 spiro atoms. The molecule has 0 saturated carbocycles. The molecule has 0 aliphatic carbocycles. The number of esters is 1. The Morgan fingerprint density at radius 2 is 1.01 bits per heavy atom. The Balaban J connectivity index is -0.0000000505. The van der Waals surface area contributed by atoms with Crippen LogP contribution in [0.1, 0.15) is 135 Å². The summed E-state index contributed by atoms with van der Waals surface area (Å²) in [5, 5.41) is 67.2. The van der Waals surface area contributed by atoms with Crippen LogP contribution in [0.4, 0.5) is 17.5 Å². The van der Waals surface area contributed by atoms with Crippen LogP contribution in [0.3, 0.4) is 0 Å². The van der Waals surface area contributed by atoms with Gasteiger partial charge in [0.2, 0.25) is 11.5 Å². The monoisotopic (exact) mass is 1520 g/mol. The van der Waals surface area contributed by atoms with Crippen molar-refractivity contribution in [1.82, 2.24) is 24.9 Å². The number of amides is 1. The van der Waals surface area contributed by atoms with Crippen molar-refractivity contribution in [2.75, 3.05) is 23.4 Å². The van der Waals surface area contributed by atoms with Gasteiger partial charge in [0.05, 0.1) is 21.1 Å². The number of carbonyl (C=O) groups excluding carboxylic acids is 2. The predicted molar refractivity (Wildman–Crippen MR) is 309 cm³/mol. The van der Waals surface area contributed by atoms with Crippen molar-refractivity contribution in [1.29, 1.82) is 0 Å². The molecule has 0 saturated heterocycles. The van der Waals surface area contributed by atoms with E-state index in [1.165, 1.54) is 73.3 Å². The number of anilines is 3. The van der Waals surface area contributed by atoms with E-state index in [-0.39, 0.29) is 177 Å². The molecular formula is C47H81IN12O14Y4-4. The van der Waals surface area contributed by atoms with Gasteiger partial charge >= 0.3 is 5.97 Å². The van der Waals surface area contributed by atoms with E-state index in [2.05, 4.69) is 35.0 Å². The molecule has 5 aromatic heterocycles. The number of aromatic amines is 1. The van der Waals surface area contributed by atoms with Gasteiger partial charge in [-0.2, -0.15) is 0 Å². The molecule has 0 fully saturated rings. The average molecular weight is 1520 g/mol. The molecule has 0 unspecified atom stereocenters. The summed E-state index contributed by atoms with van der Waals surface area (Å²) in [4.78, 5) is 74.6. The number of carbonyl (C=O) groups is 2. The quantitative estimate of drug-likeness (QED) is 0.0273. The van der Waals surface area contributed by atoms with Crippen molar-refractivity contribution in [3.05, 3.63) is 129 Å². The number of aromatic hydroxyl groups is 4. The number of aromatic nitrogens is 5. The van der Waals surface area contributed by atoms with E-state index in [0.29, 0.717) is 51.3 Å². The van der Waals surface area contributed by atoms with Gasteiger partial charge in [0.1, 0.15) is 46.1 Å². The number of fused-ring (bicyclic) bond motifs is 2. The summed E-state index contributed by atoms with van der Waals surface area (Å²) in [6.45, 7) is 34.0. The summed E-state index contributed by atoms with van der Waals surface area (Å²) in [5.41, 5.74) is 12.1. The van der Waals surface area contributed by atoms with Crippen molar-refractivity contribution >= 4 is 69.0 Å². The first kappa shape index (κ1) is 110. The molecule has 26 nitrogen and oxygen atoms in total. The fourth-order valence-corrected chi connectivity index (χ4v) is 4.07. The number of pyridine rings is 5. The van der Waals surface area contributed by atoms with E-state index in [1.807, 2.05) is 133 Å². The first-order valence-corrected chi connectivity index (χ1v) is 24.1. The van der Waals surface area contributed by atoms with E-state index >= 15 is 0 Å². The number of nitrogens with one attached hydrogen (secondary N) is 2. The molecule has 6 heterocycles. The number of rotatable bonds is 3. The molecule has 436 valence electrons. The fourth-order valence-electron chi connectivity index (χ4n) is 3.75. The molecule has 1 aliphatic rings. The zero-order chi connectivity index (χ0) is 59.3. The number of halogens is 1.